The van der Waals surface area contributed by atoms with E-state index in [1.54, 1.807) is 18.2 Å². The highest BCUT2D eigenvalue weighted by Gasteiger charge is 2.19. The maximum absolute atomic E-state index is 13.5. The highest BCUT2D eigenvalue weighted by atomic mass is 19.2. The van der Waals surface area contributed by atoms with E-state index < -0.39 is 11.6 Å². The molecule has 10 heteroatoms. The molecule has 192 valence electrons. The van der Waals surface area contributed by atoms with E-state index >= 15 is 0 Å². The number of benzene rings is 2. The molecule has 1 fully saturated rings. The third-order valence-corrected chi connectivity index (χ3v) is 6.30. The SMILES string of the molecule is CN(CCCc1ccc(F)c(F)c1)c1nc(N(C)CCc2ccc(O)cc2)nc(N2CCNCC2)n1. The van der Waals surface area contributed by atoms with Crippen LogP contribution in [0, 0.1) is 11.6 Å². The number of aryl methyl sites for hydroxylation is 1. The third kappa shape index (κ3) is 6.78. The predicted octanol–water partition coefficient (Wildman–Crippen LogP) is 3.01. The van der Waals surface area contributed by atoms with Crippen LogP contribution in [-0.2, 0) is 12.8 Å². The number of hydrogen-bond donors (Lipinski definition) is 2. The van der Waals surface area contributed by atoms with E-state index in [1.807, 2.05) is 36.0 Å². The van der Waals surface area contributed by atoms with Crippen molar-refractivity contribution in [3.8, 4) is 5.75 Å². The van der Waals surface area contributed by atoms with Gasteiger partial charge in [0.15, 0.2) is 11.6 Å². The van der Waals surface area contributed by atoms with E-state index in [-0.39, 0.29) is 5.75 Å². The first-order valence-corrected chi connectivity index (χ1v) is 12.2. The maximum Gasteiger partial charge on any atom is 0.232 e. The van der Waals surface area contributed by atoms with Crippen molar-refractivity contribution >= 4 is 17.8 Å². The van der Waals surface area contributed by atoms with Crippen molar-refractivity contribution in [3.63, 3.8) is 0 Å². The van der Waals surface area contributed by atoms with Gasteiger partial charge in [0, 0.05) is 53.4 Å². The van der Waals surface area contributed by atoms with Gasteiger partial charge in [-0.25, -0.2) is 8.78 Å². The van der Waals surface area contributed by atoms with E-state index in [1.165, 1.54) is 12.1 Å². The summed E-state index contributed by atoms with van der Waals surface area (Å²) in [5.74, 6) is 0.431. The highest BCUT2D eigenvalue weighted by molar-refractivity contribution is 5.46. The van der Waals surface area contributed by atoms with Crippen LogP contribution in [-0.4, -0.2) is 73.4 Å². The summed E-state index contributed by atoms with van der Waals surface area (Å²) < 4.78 is 26.7. The summed E-state index contributed by atoms with van der Waals surface area (Å²) in [5, 5.41) is 12.9. The summed E-state index contributed by atoms with van der Waals surface area (Å²) in [7, 11) is 3.90. The van der Waals surface area contributed by atoms with E-state index in [2.05, 4.69) is 10.2 Å². The predicted molar refractivity (Wildman–Crippen MR) is 138 cm³/mol. The first-order valence-electron chi connectivity index (χ1n) is 12.2. The minimum Gasteiger partial charge on any atom is -0.508 e. The van der Waals surface area contributed by atoms with Gasteiger partial charge in [-0.05, 0) is 54.7 Å². The zero-order valence-electron chi connectivity index (χ0n) is 20.8. The summed E-state index contributed by atoms with van der Waals surface area (Å²) >= 11 is 0. The summed E-state index contributed by atoms with van der Waals surface area (Å²) in [6.45, 7) is 4.74. The largest absolute Gasteiger partial charge is 0.508 e. The molecule has 0 saturated carbocycles. The smallest absolute Gasteiger partial charge is 0.232 e. The average molecular weight is 498 g/mol. The number of halogens is 2. The van der Waals surface area contributed by atoms with Crippen molar-refractivity contribution in [2.24, 2.45) is 0 Å². The fraction of sp³-hybridized carbons (Fsp3) is 0.423. The number of piperazine rings is 1. The lowest BCUT2D eigenvalue weighted by atomic mass is 10.1. The number of aromatic nitrogens is 3. The molecule has 8 nitrogen and oxygen atoms in total. The first-order chi connectivity index (χ1) is 17.4. The summed E-state index contributed by atoms with van der Waals surface area (Å²) in [4.78, 5) is 20.4. The zero-order chi connectivity index (χ0) is 25.5. The second kappa shape index (κ2) is 11.9. The van der Waals surface area contributed by atoms with Crippen molar-refractivity contribution < 1.29 is 13.9 Å². The molecule has 3 aromatic rings. The topological polar surface area (TPSA) is 80.7 Å². The second-order valence-corrected chi connectivity index (χ2v) is 9.08. The summed E-state index contributed by atoms with van der Waals surface area (Å²) in [6.07, 6.45) is 2.14. The molecule has 0 radical (unpaired) electrons. The van der Waals surface area contributed by atoms with Crippen LogP contribution in [0.15, 0.2) is 42.5 Å². The monoisotopic (exact) mass is 497 g/mol. The van der Waals surface area contributed by atoms with Crippen LogP contribution in [0.1, 0.15) is 17.5 Å². The number of aromatic hydroxyl groups is 1. The van der Waals surface area contributed by atoms with Crippen LogP contribution < -0.4 is 20.0 Å². The first kappa shape index (κ1) is 25.6. The van der Waals surface area contributed by atoms with Crippen LogP contribution >= 0.6 is 0 Å². The van der Waals surface area contributed by atoms with Crippen LogP contribution in [0.3, 0.4) is 0 Å². The molecule has 0 atom stereocenters. The number of likely N-dealkylation sites (N-methyl/N-ethyl adjacent to an activating group) is 1. The lowest BCUT2D eigenvalue weighted by Gasteiger charge is -2.29. The van der Waals surface area contributed by atoms with Gasteiger partial charge in [0.05, 0.1) is 0 Å². The van der Waals surface area contributed by atoms with Crippen molar-refractivity contribution in [2.75, 3.05) is 68.1 Å². The Labute approximate surface area is 210 Å². The van der Waals surface area contributed by atoms with Gasteiger partial charge in [0.1, 0.15) is 5.75 Å². The van der Waals surface area contributed by atoms with Gasteiger partial charge >= 0.3 is 0 Å². The molecule has 36 heavy (non-hydrogen) atoms. The molecule has 0 bridgehead atoms. The maximum atomic E-state index is 13.5. The zero-order valence-corrected chi connectivity index (χ0v) is 20.8. The fourth-order valence-electron chi connectivity index (χ4n) is 4.07. The Morgan fingerprint density at radius 2 is 1.47 bits per heavy atom. The molecular formula is C26H33F2N7O. The molecule has 4 rings (SSSR count). The molecule has 0 amide bonds. The number of rotatable bonds is 10. The molecule has 0 spiro atoms. The lowest BCUT2D eigenvalue weighted by Crippen LogP contribution is -2.44. The normalized spacial score (nSPS) is 13.6. The van der Waals surface area contributed by atoms with E-state index in [4.69, 9.17) is 15.0 Å². The van der Waals surface area contributed by atoms with Crippen LogP contribution in [0.4, 0.5) is 26.6 Å². The van der Waals surface area contributed by atoms with Gasteiger partial charge in [0.2, 0.25) is 17.8 Å². The number of phenolic OH excluding ortho intramolecular Hbond substituents is 1. The van der Waals surface area contributed by atoms with Crippen molar-refractivity contribution in [1.82, 2.24) is 20.3 Å². The van der Waals surface area contributed by atoms with Crippen LogP contribution in [0.5, 0.6) is 5.75 Å². The number of hydrogen-bond acceptors (Lipinski definition) is 8. The van der Waals surface area contributed by atoms with Gasteiger partial charge in [0.25, 0.3) is 0 Å². The summed E-state index contributed by atoms with van der Waals surface area (Å²) in [5.41, 5.74) is 1.87. The molecule has 0 aliphatic carbocycles. The van der Waals surface area contributed by atoms with E-state index in [9.17, 15) is 13.9 Å². The number of anilines is 3. The van der Waals surface area contributed by atoms with E-state index in [0.29, 0.717) is 37.4 Å². The average Bonchev–Trinajstić information content (AvgIpc) is 2.90. The molecule has 1 aliphatic rings. The Hall–Kier alpha value is -3.53. The van der Waals surface area contributed by atoms with Gasteiger partial charge in [-0.2, -0.15) is 15.0 Å². The lowest BCUT2D eigenvalue weighted by molar-refractivity contribution is 0.475. The Morgan fingerprint density at radius 3 is 2.14 bits per heavy atom. The van der Waals surface area contributed by atoms with Crippen molar-refractivity contribution in [3.05, 3.63) is 65.2 Å². The number of phenols is 1. The van der Waals surface area contributed by atoms with Crippen molar-refractivity contribution in [2.45, 2.75) is 19.3 Å². The molecule has 2 aromatic carbocycles. The van der Waals surface area contributed by atoms with Crippen LogP contribution in [0.2, 0.25) is 0 Å². The summed E-state index contributed by atoms with van der Waals surface area (Å²) in [6, 6.07) is 11.2. The minimum absolute atomic E-state index is 0.252. The van der Waals surface area contributed by atoms with Crippen LogP contribution in [0.25, 0.3) is 0 Å². The Balaban J connectivity index is 1.46. The quantitative estimate of drug-likeness (QED) is 0.443. The van der Waals surface area contributed by atoms with Gasteiger partial charge in [-0.15, -0.1) is 0 Å². The number of nitrogens with zero attached hydrogens (tertiary/aromatic N) is 6. The Kier molecular flexibility index (Phi) is 8.48. The number of nitrogens with one attached hydrogen (secondary N) is 1. The molecule has 1 saturated heterocycles. The van der Waals surface area contributed by atoms with Crippen molar-refractivity contribution in [1.29, 1.82) is 0 Å². The molecule has 1 aliphatic heterocycles. The Bertz CT molecular complexity index is 1140. The van der Waals surface area contributed by atoms with Gasteiger partial charge < -0.3 is 25.1 Å². The second-order valence-electron chi connectivity index (χ2n) is 9.08. The van der Waals surface area contributed by atoms with E-state index in [0.717, 1.165) is 50.1 Å². The molecule has 0 unspecified atom stereocenters. The minimum atomic E-state index is -0.830. The standard InChI is InChI=1S/C26H33F2N7O/c1-33(14-3-4-20-7-10-22(27)23(28)18-20)24-30-25(32-26(31-24)35-16-12-29-13-17-35)34(2)15-11-19-5-8-21(36)9-6-19/h5-10,18,29,36H,3-4,11-17H2,1-2H3. The molecule has 2 N–H and O–H groups in total. The highest BCUT2D eigenvalue weighted by Crippen LogP contribution is 2.20. The van der Waals surface area contributed by atoms with Gasteiger partial charge in [-0.3, -0.25) is 0 Å². The Morgan fingerprint density at radius 1 is 0.833 bits per heavy atom. The molecule has 1 aromatic heterocycles. The van der Waals surface area contributed by atoms with Gasteiger partial charge in [-0.1, -0.05) is 18.2 Å². The third-order valence-electron chi connectivity index (χ3n) is 6.30. The molecule has 2 heterocycles. The molecular weight excluding hydrogens is 464 g/mol. The fourth-order valence-corrected chi connectivity index (χ4v) is 4.07.